The molecule has 1 atom stereocenters. The number of hydrogen-bond donors (Lipinski definition) is 4. The van der Waals surface area contributed by atoms with Gasteiger partial charge in [-0.15, -0.1) is 0 Å². The molecule has 144 valence electrons. The van der Waals surface area contributed by atoms with Crippen LogP contribution in [-0.2, 0) is 0 Å². The van der Waals surface area contributed by atoms with Gasteiger partial charge in [0.1, 0.15) is 0 Å². The molecule has 0 spiro atoms. The molecule has 1 aliphatic rings. The van der Waals surface area contributed by atoms with Gasteiger partial charge in [-0.3, -0.25) is 5.32 Å². The fourth-order valence-corrected chi connectivity index (χ4v) is 3.17. The summed E-state index contributed by atoms with van der Waals surface area (Å²) >= 11 is 0. The highest BCUT2D eigenvalue weighted by Crippen LogP contribution is 2.23. The molecule has 2 aromatic carbocycles. The van der Waals surface area contributed by atoms with Crippen LogP contribution in [0.1, 0.15) is 30.9 Å². The highest BCUT2D eigenvalue weighted by atomic mass is 16.3. The van der Waals surface area contributed by atoms with E-state index in [2.05, 4.69) is 25.9 Å². The van der Waals surface area contributed by atoms with Gasteiger partial charge in [-0.05, 0) is 43.0 Å². The number of aliphatic hydroxyl groups is 1. The third kappa shape index (κ3) is 4.20. The monoisotopic (exact) mass is 377 g/mol. The molecule has 4 N–H and O–H groups in total. The van der Waals surface area contributed by atoms with Crippen molar-refractivity contribution in [3.05, 3.63) is 60.3 Å². The molecule has 1 aliphatic carbocycles. The van der Waals surface area contributed by atoms with Gasteiger partial charge >= 0.3 is 6.03 Å². The molecule has 1 aromatic heterocycles. The first kappa shape index (κ1) is 18.2. The summed E-state index contributed by atoms with van der Waals surface area (Å²) in [5.74, 6) is 0.267. The predicted octanol–water partition coefficient (Wildman–Crippen LogP) is 3.45. The first-order valence-electron chi connectivity index (χ1n) is 9.48. The van der Waals surface area contributed by atoms with Gasteiger partial charge in [-0.25, -0.2) is 14.8 Å². The van der Waals surface area contributed by atoms with Crippen LogP contribution >= 0.6 is 0 Å². The third-order valence-electron chi connectivity index (χ3n) is 4.97. The Hall–Kier alpha value is -3.19. The average Bonchev–Trinajstić information content (AvgIpc) is 2.69. The van der Waals surface area contributed by atoms with Gasteiger partial charge in [0.15, 0.2) is 0 Å². The molecule has 0 aliphatic heterocycles. The number of anilines is 2. The maximum atomic E-state index is 12.0. The van der Waals surface area contributed by atoms with Crippen molar-refractivity contribution in [2.45, 2.75) is 31.3 Å². The van der Waals surface area contributed by atoms with E-state index in [9.17, 15) is 9.90 Å². The largest absolute Gasteiger partial charge is 0.394 e. The molecule has 0 bridgehead atoms. The van der Waals surface area contributed by atoms with Crippen molar-refractivity contribution in [2.75, 3.05) is 17.2 Å². The highest BCUT2D eigenvalue weighted by Gasteiger charge is 2.19. The van der Waals surface area contributed by atoms with Crippen LogP contribution < -0.4 is 16.0 Å². The lowest BCUT2D eigenvalue weighted by molar-refractivity contribution is 0.240. The number of urea groups is 1. The fourth-order valence-electron chi connectivity index (χ4n) is 3.17. The lowest BCUT2D eigenvalue weighted by Crippen LogP contribution is -2.42. The maximum Gasteiger partial charge on any atom is 0.321 e. The van der Waals surface area contributed by atoms with Crippen LogP contribution in [0.5, 0.6) is 0 Å². The lowest BCUT2D eigenvalue weighted by Gasteiger charge is -2.26. The minimum Gasteiger partial charge on any atom is -0.394 e. The molecular formula is C21H23N5O2. The van der Waals surface area contributed by atoms with Gasteiger partial charge < -0.3 is 15.7 Å². The van der Waals surface area contributed by atoms with Gasteiger partial charge in [-0.2, -0.15) is 0 Å². The quantitative estimate of drug-likeness (QED) is 0.527. The van der Waals surface area contributed by atoms with Gasteiger partial charge in [0.25, 0.3) is 0 Å². The van der Waals surface area contributed by atoms with E-state index < -0.39 is 0 Å². The molecule has 0 radical (unpaired) electrons. The second-order valence-electron chi connectivity index (χ2n) is 6.98. The Kier molecular flexibility index (Phi) is 5.34. The lowest BCUT2D eigenvalue weighted by atomic mass is 9.93. The van der Waals surface area contributed by atoms with Crippen molar-refractivity contribution in [1.82, 2.24) is 15.3 Å². The number of hydrogen-bond acceptors (Lipinski definition) is 5. The van der Waals surface area contributed by atoms with Gasteiger partial charge in [0.05, 0.1) is 18.2 Å². The molecule has 1 unspecified atom stereocenters. The Morgan fingerprint density at radius 3 is 2.71 bits per heavy atom. The summed E-state index contributed by atoms with van der Waals surface area (Å²) in [5.41, 5.74) is 2.55. The van der Waals surface area contributed by atoms with Crippen molar-refractivity contribution in [3.63, 3.8) is 0 Å². The number of nitrogens with one attached hydrogen (secondary N) is 3. The number of rotatable bonds is 6. The minimum atomic E-state index is -0.275. The average molecular weight is 377 g/mol. The van der Waals surface area contributed by atoms with E-state index in [0.29, 0.717) is 5.52 Å². The topological polar surface area (TPSA) is 99.2 Å². The summed E-state index contributed by atoms with van der Waals surface area (Å²) in [4.78, 5) is 20.7. The molecule has 1 fully saturated rings. The van der Waals surface area contributed by atoms with Gasteiger partial charge in [-0.1, -0.05) is 30.3 Å². The van der Waals surface area contributed by atoms with Crippen LogP contribution in [0.15, 0.2) is 54.7 Å². The molecule has 1 heterocycles. The summed E-state index contributed by atoms with van der Waals surface area (Å²) in [5, 5.41) is 19.6. The fraction of sp³-hybridized carbons (Fsp3) is 0.286. The molecule has 7 heteroatoms. The Bertz CT molecular complexity index is 959. The second-order valence-corrected chi connectivity index (χ2v) is 6.98. The standard InChI is InChI=1S/C21H23N5O2/c27-13-19(14-5-2-1-3-6-14)23-17-10-9-15-12-22-20(25-18(15)11-17)26-21(28)24-16-7-4-8-16/h1-3,5-6,9-12,16,19,23,27H,4,7-8,13H2,(H2,22,24,25,26,28). The van der Waals surface area contributed by atoms with Crippen LogP contribution in [0, 0.1) is 0 Å². The van der Waals surface area contributed by atoms with Gasteiger partial charge in [0, 0.05) is 23.3 Å². The van der Waals surface area contributed by atoms with Crippen molar-refractivity contribution in [3.8, 4) is 0 Å². The van der Waals surface area contributed by atoms with Crippen molar-refractivity contribution in [1.29, 1.82) is 0 Å². The Morgan fingerprint density at radius 2 is 2.00 bits per heavy atom. The molecule has 28 heavy (non-hydrogen) atoms. The van der Waals surface area contributed by atoms with E-state index in [1.165, 1.54) is 0 Å². The molecule has 1 saturated carbocycles. The van der Waals surface area contributed by atoms with E-state index in [-0.39, 0.29) is 30.7 Å². The number of benzene rings is 2. The maximum absolute atomic E-state index is 12.0. The Balaban J connectivity index is 1.49. The zero-order valence-corrected chi connectivity index (χ0v) is 15.4. The van der Waals surface area contributed by atoms with E-state index >= 15 is 0 Å². The summed E-state index contributed by atoms with van der Waals surface area (Å²) < 4.78 is 0. The number of aromatic nitrogens is 2. The normalized spacial score (nSPS) is 14.9. The molecule has 0 saturated heterocycles. The first-order chi connectivity index (χ1) is 13.7. The smallest absolute Gasteiger partial charge is 0.321 e. The SMILES string of the molecule is O=C(Nc1ncc2ccc(NC(CO)c3ccccc3)cc2n1)NC1CCC1. The minimum absolute atomic E-state index is 0.0278. The number of amides is 2. The molecule has 7 nitrogen and oxygen atoms in total. The Labute approximate surface area is 163 Å². The van der Waals surface area contributed by atoms with Gasteiger partial charge in [0.2, 0.25) is 5.95 Å². The summed E-state index contributed by atoms with van der Waals surface area (Å²) in [7, 11) is 0. The van der Waals surface area contributed by atoms with E-state index in [1.54, 1.807) is 6.20 Å². The third-order valence-corrected chi connectivity index (χ3v) is 4.97. The van der Waals surface area contributed by atoms with Crippen LogP contribution in [0.2, 0.25) is 0 Å². The molecule has 3 aromatic rings. The van der Waals surface area contributed by atoms with Crippen LogP contribution in [0.25, 0.3) is 10.9 Å². The van der Waals surface area contributed by atoms with E-state index in [4.69, 9.17) is 0 Å². The van der Waals surface area contributed by atoms with E-state index in [1.807, 2.05) is 48.5 Å². The number of carbonyl (C=O) groups excluding carboxylic acids is 1. The van der Waals surface area contributed by atoms with Crippen molar-refractivity contribution in [2.24, 2.45) is 0 Å². The second kappa shape index (κ2) is 8.22. The van der Waals surface area contributed by atoms with Crippen molar-refractivity contribution >= 4 is 28.6 Å². The summed E-state index contributed by atoms with van der Waals surface area (Å²) in [6.45, 7) is -0.0278. The predicted molar refractivity (Wildman–Crippen MR) is 109 cm³/mol. The van der Waals surface area contributed by atoms with Crippen LogP contribution in [0.4, 0.5) is 16.4 Å². The number of nitrogens with zero attached hydrogens (tertiary/aromatic N) is 2. The number of aliphatic hydroxyl groups excluding tert-OH is 1. The van der Waals surface area contributed by atoms with Crippen LogP contribution in [0.3, 0.4) is 0 Å². The molecular weight excluding hydrogens is 354 g/mol. The summed E-state index contributed by atoms with van der Waals surface area (Å²) in [6.07, 6.45) is 4.89. The Morgan fingerprint density at radius 1 is 1.18 bits per heavy atom. The zero-order valence-electron chi connectivity index (χ0n) is 15.4. The highest BCUT2D eigenvalue weighted by molar-refractivity contribution is 5.89. The van der Waals surface area contributed by atoms with E-state index in [0.717, 1.165) is 35.9 Å². The summed E-state index contributed by atoms with van der Waals surface area (Å²) in [6, 6.07) is 15.3. The molecule has 2 amide bonds. The first-order valence-corrected chi connectivity index (χ1v) is 9.48. The van der Waals surface area contributed by atoms with Crippen LogP contribution in [-0.4, -0.2) is 33.8 Å². The number of fused-ring (bicyclic) bond motifs is 1. The zero-order chi connectivity index (χ0) is 19.3. The van der Waals surface area contributed by atoms with Crippen molar-refractivity contribution < 1.29 is 9.90 Å². The number of carbonyl (C=O) groups is 1. The molecule has 4 rings (SSSR count).